The smallest absolute Gasteiger partial charge is 0.338 e. The number of benzene rings is 1. The van der Waals surface area contributed by atoms with Crippen molar-refractivity contribution in [2.75, 3.05) is 18.4 Å². The maximum absolute atomic E-state index is 11.0. The molecule has 0 aliphatic rings. The van der Waals surface area contributed by atoms with Crippen molar-refractivity contribution in [1.82, 2.24) is 5.32 Å². The van der Waals surface area contributed by atoms with Gasteiger partial charge in [0.15, 0.2) is 0 Å². The lowest BCUT2D eigenvalue weighted by molar-refractivity contribution is -0.384. The Hall–Kier alpha value is -2.64. The summed E-state index contributed by atoms with van der Waals surface area (Å²) in [5, 5.41) is 24.9. The first kappa shape index (κ1) is 14.4. The average molecular weight is 267 g/mol. The number of anilines is 1. The summed E-state index contributed by atoms with van der Waals surface area (Å²) in [6.07, 6.45) is 0. The van der Waals surface area contributed by atoms with Crippen LogP contribution < -0.4 is 10.6 Å². The number of rotatable bonds is 6. The third-order valence-electron chi connectivity index (χ3n) is 2.26. The van der Waals surface area contributed by atoms with Crippen LogP contribution in [0.1, 0.15) is 17.3 Å². The molecule has 0 radical (unpaired) electrons. The van der Waals surface area contributed by atoms with E-state index in [-0.39, 0.29) is 22.8 Å². The van der Waals surface area contributed by atoms with Crippen molar-refractivity contribution >= 4 is 23.3 Å². The Kier molecular flexibility index (Phi) is 4.81. The Balaban J connectivity index is 2.79. The minimum atomic E-state index is -1.26. The molecule has 0 aliphatic carbocycles. The van der Waals surface area contributed by atoms with Crippen LogP contribution in [0.2, 0.25) is 0 Å². The molecule has 8 heteroatoms. The Morgan fingerprint density at radius 2 is 2.05 bits per heavy atom. The van der Waals surface area contributed by atoms with Crippen LogP contribution in [0.4, 0.5) is 11.4 Å². The Morgan fingerprint density at radius 3 is 2.58 bits per heavy atom. The van der Waals surface area contributed by atoms with E-state index in [9.17, 15) is 19.7 Å². The zero-order chi connectivity index (χ0) is 14.4. The number of carboxylic acids is 1. The van der Waals surface area contributed by atoms with Crippen molar-refractivity contribution in [2.45, 2.75) is 6.92 Å². The zero-order valence-electron chi connectivity index (χ0n) is 10.2. The van der Waals surface area contributed by atoms with Crippen LogP contribution in [0.25, 0.3) is 0 Å². The van der Waals surface area contributed by atoms with Crippen LogP contribution in [0.5, 0.6) is 0 Å². The quantitative estimate of drug-likeness (QED) is 0.399. The maximum atomic E-state index is 11.0. The molecule has 1 amide bonds. The lowest BCUT2D eigenvalue weighted by Gasteiger charge is -2.09. The second-order valence-electron chi connectivity index (χ2n) is 3.70. The predicted octanol–water partition coefficient (Wildman–Crippen LogP) is 0.841. The number of amides is 1. The van der Waals surface area contributed by atoms with Crippen LogP contribution in [0.3, 0.4) is 0 Å². The van der Waals surface area contributed by atoms with Crippen molar-refractivity contribution in [3.63, 3.8) is 0 Å². The van der Waals surface area contributed by atoms with Crippen molar-refractivity contribution in [3.8, 4) is 0 Å². The first-order chi connectivity index (χ1) is 8.91. The van der Waals surface area contributed by atoms with Gasteiger partial charge in [0, 0.05) is 37.8 Å². The molecule has 0 atom stereocenters. The zero-order valence-corrected chi connectivity index (χ0v) is 10.2. The highest BCUT2D eigenvalue weighted by atomic mass is 16.6. The van der Waals surface area contributed by atoms with Gasteiger partial charge in [-0.05, 0) is 6.07 Å². The molecule has 0 saturated carbocycles. The minimum Gasteiger partial charge on any atom is -0.478 e. The summed E-state index contributed by atoms with van der Waals surface area (Å²) >= 11 is 0. The van der Waals surface area contributed by atoms with Gasteiger partial charge in [-0.2, -0.15) is 0 Å². The Labute approximate surface area is 108 Å². The summed E-state index contributed by atoms with van der Waals surface area (Å²) in [6, 6.07) is 3.53. The first-order valence-corrected chi connectivity index (χ1v) is 5.42. The molecule has 0 bridgehead atoms. The second-order valence-corrected chi connectivity index (χ2v) is 3.70. The van der Waals surface area contributed by atoms with Crippen molar-refractivity contribution in [1.29, 1.82) is 0 Å². The van der Waals surface area contributed by atoms with Crippen LogP contribution >= 0.6 is 0 Å². The molecule has 3 N–H and O–H groups in total. The van der Waals surface area contributed by atoms with E-state index in [4.69, 9.17) is 5.11 Å². The summed E-state index contributed by atoms with van der Waals surface area (Å²) in [6.45, 7) is 2.01. The van der Waals surface area contributed by atoms with Gasteiger partial charge in [-0.25, -0.2) is 4.79 Å². The van der Waals surface area contributed by atoms with Crippen molar-refractivity contribution in [3.05, 3.63) is 33.9 Å². The van der Waals surface area contributed by atoms with E-state index in [0.29, 0.717) is 13.1 Å². The van der Waals surface area contributed by atoms with Gasteiger partial charge in [-0.3, -0.25) is 14.9 Å². The fraction of sp³-hybridized carbons (Fsp3) is 0.273. The number of aromatic carboxylic acids is 1. The van der Waals surface area contributed by atoms with Gasteiger partial charge in [0.1, 0.15) is 0 Å². The van der Waals surface area contributed by atoms with Crippen LogP contribution in [-0.4, -0.2) is 35.0 Å². The molecule has 102 valence electrons. The number of nitrogens with one attached hydrogen (secondary N) is 2. The molecular formula is C11H13N3O5. The SMILES string of the molecule is CC(=O)NCCNc1ccc([N+](=O)[O-])cc1C(=O)O. The molecule has 0 unspecified atom stereocenters. The fourth-order valence-electron chi connectivity index (χ4n) is 1.41. The lowest BCUT2D eigenvalue weighted by Crippen LogP contribution is -2.26. The number of hydrogen-bond acceptors (Lipinski definition) is 5. The van der Waals surface area contributed by atoms with Gasteiger partial charge in [-0.15, -0.1) is 0 Å². The number of carboxylic acid groups (broad SMARTS) is 1. The highest BCUT2D eigenvalue weighted by molar-refractivity contribution is 5.95. The molecule has 1 aromatic rings. The molecule has 0 aromatic heterocycles. The molecule has 8 nitrogen and oxygen atoms in total. The number of non-ortho nitro benzene ring substituents is 1. The highest BCUT2D eigenvalue weighted by Gasteiger charge is 2.15. The van der Waals surface area contributed by atoms with E-state index in [1.807, 2.05) is 0 Å². The molecule has 0 heterocycles. The van der Waals surface area contributed by atoms with Gasteiger partial charge >= 0.3 is 5.97 Å². The van der Waals surface area contributed by atoms with Crippen LogP contribution in [-0.2, 0) is 4.79 Å². The van der Waals surface area contributed by atoms with E-state index in [2.05, 4.69) is 10.6 Å². The molecule has 0 aliphatic heterocycles. The normalized spacial score (nSPS) is 9.74. The summed E-state index contributed by atoms with van der Waals surface area (Å²) in [5.74, 6) is -1.45. The third kappa shape index (κ3) is 4.26. The molecule has 0 fully saturated rings. The van der Waals surface area contributed by atoms with E-state index in [1.54, 1.807) is 0 Å². The molecule has 1 aromatic carbocycles. The maximum Gasteiger partial charge on any atom is 0.338 e. The lowest BCUT2D eigenvalue weighted by atomic mass is 10.1. The summed E-state index contributed by atoms with van der Waals surface area (Å²) in [7, 11) is 0. The summed E-state index contributed by atoms with van der Waals surface area (Å²) < 4.78 is 0. The van der Waals surface area contributed by atoms with Gasteiger partial charge in [-0.1, -0.05) is 0 Å². The van der Waals surface area contributed by atoms with Gasteiger partial charge in [0.05, 0.1) is 10.5 Å². The summed E-state index contributed by atoms with van der Waals surface area (Å²) in [5.41, 5.74) is -0.203. The van der Waals surface area contributed by atoms with Gasteiger partial charge < -0.3 is 15.7 Å². The number of nitrogens with zero attached hydrogens (tertiary/aromatic N) is 1. The average Bonchev–Trinajstić information content (AvgIpc) is 2.34. The monoisotopic (exact) mass is 267 g/mol. The molecule has 1 rings (SSSR count). The van der Waals surface area contributed by atoms with E-state index in [0.717, 1.165) is 6.07 Å². The number of nitro groups is 1. The summed E-state index contributed by atoms with van der Waals surface area (Å²) in [4.78, 5) is 31.6. The fourth-order valence-corrected chi connectivity index (χ4v) is 1.41. The third-order valence-corrected chi connectivity index (χ3v) is 2.26. The van der Waals surface area contributed by atoms with Crippen LogP contribution in [0.15, 0.2) is 18.2 Å². The number of nitro benzene ring substituents is 1. The molecular weight excluding hydrogens is 254 g/mol. The predicted molar refractivity (Wildman–Crippen MR) is 67.2 cm³/mol. The van der Waals surface area contributed by atoms with E-state index < -0.39 is 10.9 Å². The minimum absolute atomic E-state index is 0.183. The first-order valence-electron chi connectivity index (χ1n) is 5.42. The van der Waals surface area contributed by atoms with Gasteiger partial charge in [0.25, 0.3) is 5.69 Å². The highest BCUT2D eigenvalue weighted by Crippen LogP contribution is 2.21. The van der Waals surface area contributed by atoms with Gasteiger partial charge in [0.2, 0.25) is 5.91 Å². The van der Waals surface area contributed by atoms with E-state index in [1.165, 1.54) is 19.1 Å². The standard InChI is InChI=1S/C11H13N3O5/c1-7(15)12-4-5-13-10-3-2-8(14(18)19)6-9(10)11(16)17/h2-3,6,13H,4-5H2,1H3,(H,12,15)(H,16,17). The van der Waals surface area contributed by atoms with Crippen molar-refractivity contribution < 1.29 is 19.6 Å². The molecule has 19 heavy (non-hydrogen) atoms. The van der Waals surface area contributed by atoms with Crippen molar-refractivity contribution in [2.24, 2.45) is 0 Å². The number of carbonyl (C=O) groups is 2. The van der Waals surface area contributed by atoms with Crippen LogP contribution in [0, 0.1) is 10.1 Å². The topological polar surface area (TPSA) is 122 Å². The number of hydrogen-bond donors (Lipinski definition) is 3. The number of carbonyl (C=O) groups excluding carboxylic acids is 1. The largest absolute Gasteiger partial charge is 0.478 e. The molecule has 0 saturated heterocycles. The Morgan fingerprint density at radius 1 is 1.37 bits per heavy atom. The second kappa shape index (κ2) is 6.34. The molecule has 0 spiro atoms. The Bertz CT molecular complexity index is 515. The van der Waals surface area contributed by atoms with E-state index >= 15 is 0 Å².